The Balaban J connectivity index is 1.90. The largest absolute Gasteiger partial charge is 0.252 e. The molecule has 0 atom stereocenters. The Bertz CT molecular complexity index is 659. The van der Waals surface area contributed by atoms with Gasteiger partial charge in [-0.05, 0) is 11.6 Å². The van der Waals surface area contributed by atoms with E-state index in [-0.39, 0.29) is 5.92 Å². The fourth-order valence-electron chi connectivity index (χ4n) is 2.19. The quantitative estimate of drug-likeness (QED) is 0.716. The Morgan fingerprint density at radius 2 is 1.57 bits per heavy atom. The van der Waals surface area contributed by atoms with Crippen LogP contribution in [0.5, 0.6) is 0 Å². The fraction of sp³-hybridized carbons (Fsp3) is 0.231. The molecule has 0 aliphatic rings. The molecular weight excluding hydrogens is 278 g/mol. The van der Waals surface area contributed by atoms with Crippen LogP contribution < -0.4 is 0 Å². The minimum absolute atomic E-state index is 0.269. The van der Waals surface area contributed by atoms with Crippen LogP contribution in [0.15, 0.2) is 43.5 Å². The molecule has 21 heavy (non-hydrogen) atoms. The highest BCUT2D eigenvalue weighted by atomic mass is 19.1. The second-order valence-electron chi connectivity index (χ2n) is 4.60. The summed E-state index contributed by atoms with van der Waals surface area (Å²) in [6.45, 7) is 0.810. The van der Waals surface area contributed by atoms with E-state index in [0.29, 0.717) is 18.7 Å². The minimum Gasteiger partial charge on any atom is -0.252 e. The van der Waals surface area contributed by atoms with Gasteiger partial charge in [0, 0.05) is 12.0 Å². The molecule has 0 spiro atoms. The number of benzene rings is 1. The zero-order valence-corrected chi connectivity index (χ0v) is 11.0. The highest BCUT2D eigenvalue weighted by molar-refractivity contribution is 5.22. The van der Waals surface area contributed by atoms with Crippen molar-refractivity contribution in [2.45, 2.75) is 19.0 Å². The van der Waals surface area contributed by atoms with Crippen molar-refractivity contribution in [2.24, 2.45) is 0 Å². The summed E-state index contributed by atoms with van der Waals surface area (Å²) in [6.07, 6.45) is 5.92. The summed E-state index contributed by atoms with van der Waals surface area (Å²) in [5.74, 6) is -1.45. The van der Waals surface area contributed by atoms with Gasteiger partial charge < -0.3 is 0 Å². The molecule has 0 aliphatic heterocycles. The summed E-state index contributed by atoms with van der Waals surface area (Å²) < 4.78 is 30.3. The van der Waals surface area contributed by atoms with Crippen LogP contribution in [0, 0.1) is 11.6 Å². The molecule has 0 radical (unpaired) electrons. The monoisotopic (exact) mass is 290 g/mol. The SMILES string of the molecule is Fc1ccc(C(Cn2cncn2)Cn2cncn2)c(F)c1. The van der Waals surface area contributed by atoms with Crippen LogP contribution in [-0.4, -0.2) is 29.5 Å². The Morgan fingerprint density at radius 1 is 0.952 bits per heavy atom. The molecule has 0 fully saturated rings. The van der Waals surface area contributed by atoms with Crippen molar-refractivity contribution in [1.82, 2.24) is 29.5 Å². The standard InChI is InChI=1S/C13H12F2N6/c14-11-1-2-12(13(15)3-11)10(4-20-8-16-6-18-20)5-21-9-17-7-19-21/h1-3,6-10H,4-5H2. The highest BCUT2D eigenvalue weighted by Gasteiger charge is 2.18. The molecule has 3 aromatic rings. The third-order valence-corrected chi connectivity index (χ3v) is 3.15. The molecule has 0 N–H and O–H groups in total. The van der Waals surface area contributed by atoms with Gasteiger partial charge in [-0.25, -0.2) is 18.7 Å². The maximum absolute atomic E-state index is 14.0. The van der Waals surface area contributed by atoms with Gasteiger partial charge in [0.15, 0.2) is 0 Å². The normalized spacial score (nSPS) is 11.2. The van der Waals surface area contributed by atoms with Gasteiger partial charge in [-0.2, -0.15) is 10.2 Å². The van der Waals surface area contributed by atoms with Gasteiger partial charge in [0.1, 0.15) is 36.9 Å². The van der Waals surface area contributed by atoms with E-state index in [1.54, 1.807) is 22.0 Å². The number of aromatic nitrogens is 6. The van der Waals surface area contributed by atoms with E-state index < -0.39 is 11.6 Å². The zero-order valence-electron chi connectivity index (χ0n) is 11.0. The molecule has 6 nitrogen and oxygen atoms in total. The summed E-state index contributed by atoms with van der Waals surface area (Å²) in [4.78, 5) is 7.73. The molecule has 0 amide bonds. The van der Waals surface area contributed by atoms with Gasteiger partial charge >= 0.3 is 0 Å². The molecule has 0 aliphatic carbocycles. The van der Waals surface area contributed by atoms with Crippen molar-refractivity contribution in [3.8, 4) is 0 Å². The van der Waals surface area contributed by atoms with Crippen LogP contribution in [0.25, 0.3) is 0 Å². The Hall–Kier alpha value is -2.64. The lowest BCUT2D eigenvalue weighted by Gasteiger charge is -2.17. The third-order valence-electron chi connectivity index (χ3n) is 3.15. The van der Waals surface area contributed by atoms with Crippen LogP contribution in [-0.2, 0) is 13.1 Å². The zero-order chi connectivity index (χ0) is 14.7. The van der Waals surface area contributed by atoms with E-state index in [4.69, 9.17) is 0 Å². The Morgan fingerprint density at radius 3 is 2.05 bits per heavy atom. The van der Waals surface area contributed by atoms with Crippen molar-refractivity contribution in [1.29, 1.82) is 0 Å². The predicted octanol–water partition coefficient (Wildman–Crippen LogP) is 1.63. The molecule has 3 rings (SSSR count). The average Bonchev–Trinajstić information content (AvgIpc) is 3.11. The smallest absolute Gasteiger partial charge is 0.137 e. The third kappa shape index (κ3) is 3.10. The van der Waals surface area contributed by atoms with Crippen LogP contribution in [0.1, 0.15) is 11.5 Å². The highest BCUT2D eigenvalue weighted by Crippen LogP contribution is 2.23. The lowest BCUT2D eigenvalue weighted by Crippen LogP contribution is -2.17. The molecule has 2 aromatic heterocycles. The van der Waals surface area contributed by atoms with Crippen LogP contribution >= 0.6 is 0 Å². The number of hydrogen-bond donors (Lipinski definition) is 0. The maximum atomic E-state index is 14.0. The van der Waals surface area contributed by atoms with Crippen molar-refractivity contribution in [3.63, 3.8) is 0 Å². The van der Waals surface area contributed by atoms with Gasteiger partial charge in [0.2, 0.25) is 0 Å². The van der Waals surface area contributed by atoms with Crippen molar-refractivity contribution in [3.05, 3.63) is 60.7 Å². The Kier molecular flexibility index (Phi) is 3.67. The first kappa shape index (κ1) is 13.3. The molecule has 2 heterocycles. The van der Waals surface area contributed by atoms with Crippen molar-refractivity contribution >= 4 is 0 Å². The summed E-state index contributed by atoms with van der Waals surface area (Å²) in [7, 11) is 0. The van der Waals surface area contributed by atoms with Gasteiger partial charge in [-0.1, -0.05) is 6.07 Å². The van der Waals surface area contributed by atoms with Gasteiger partial charge in [0.25, 0.3) is 0 Å². The topological polar surface area (TPSA) is 61.4 Å². The predicted molar refractivity (Wildman–Crippen MR) is 69.1 cm³/mol. The lowest BCUT2D eigenvalue weighted by molar-refractivity contribution is 0.422. The summed E-state index contributed by atoms with van der Waals surface area (Å²) >= 11 is 0. The molecule has 0 bridgehead atoms. The molecular formula is C13H12F2N6. The first-order valence-corrected chi connectivity index (χ1v) is 6.32. The first-order chi connectivity index (χ1) is 10.2. The number of nitrogens with zero attached hydrogens (tertiary/aromatic N) is 6. The number of halogens is 2. The summed E-state index contributed by atoms with van der Waals surface area (Å²) in [5.41, 5.74) is 0.405. The second kappa shape index (κ2) is 5.78. The van der Waals surface area contributed by atoms with Gasteiger partial charge in [0.05, 0.1) is 13.1 Å². The van der Waals surface area contributed by atoms with Crippen LogP contribution in [0.2, 0.25) is 0 Å². The van der Waals surface area contributed by atoms with Crippen LogP contribution in [0.3, 0.4) is 0 Å². The second-order valence-corrected chi connectivity index (χ2v) is 4.60. The van der Waals surface area contributed by atoms with Crippen molar-refractivity contribution in [2.75, 3.05) is 0 Å². The van der Waals surface area contributed by atoms with E-state index >= 15 is 0 Å². The summed E-state index contributed by atoms with van der Waals surface area (Å²) in [6, 6.07) is 3.57. The number of hydrogen-bond acceptors (Lipinski definition) is 4. The van der Waals surface area contributed by atoms with E-state index in [2.05, 4.69) is 20.2 Å². The minimum atomic E-state index is -0.600. The van der Waals surface area contributed by atoms with Gasteiger partial charge in [-0.15, -0.1) is 0 Å². The average molecular weight is 290 g/mol. The summed E-state index contributed by atoms with van der Waals surface area (Å²) in [5, 5.41) is 8.04. The number of rotatable bonds is 5. The molecule has 8 heteroatoms. The molecule has 1 aromatic carbocycles. The molecule has 108 valence electrons. The van der Waals surface area contributed by atoms with E-state index in [1.165, 1.54) is 24.8 Å². The maximum Gasteiger partial charge on any atom is 0.137 e. The molecule has 0 saturated heterocycles. The van der Waals surface area contributed by atoms with Gasteiger partial charge in [-0.3, -0.25) is 9.36 Å². The van der Waals surface area contributed by atoms with E-state index in [0.717, 1.165) is 6.07 Å². The van der Waals surface area contributed by atoms with E-state index in [9.17, 15) is 8.78 Å². The molecule has 0 saturated carbocycles. The van der Waals surface area contributed by atoms with E-state index in [1.807, 2.05) is 0 Å². The van der Waals surface area contributed by atoms with Crippen LogP contribution in [0.4, 0.5) is 8.78 Å². The first-order valence-electron chi connectivity index (χ1n) is 6.32. The molecule has 0 unspecified atom stereocenters. The lowest BCUT2D eigenvalue weighted by atomic mass is 9.98. The fourth-order valence-corrected chi connectivity index (χ4v) is 2.19. The van der Waals surface area contributed by atoms with Crippen molar-refractivity contribution < 1.29 is 8.78 Å². The Labute approximate surface area is 119 Å².